The Balaban J connectivity index is 0.00000121. The summed E-state index contributed by atoms with van der Waals surface area (Å²) in [6.07, 6.45) is 4.04. The Labute approximate surface area is 90.8 Å². The number of unbranched alkanes of at least 4 members (excludes halogenated alkanes) is 1. The van der Waals surface area contributed by atoms with Gasteiger partial charge in [-0.05, 0) is 0 Å². The molecule has 2 heteroatoms. The van der Waals surface area contributed by atoms with Crippen LogP contribution in [0.5, 0.6) is 0 Å². The van der Waals surface area contributed by atoms with Gasteiger partial charge in [0, 0.05) is 0 Å². The van der Waals surface area contributed by atoms with Gasteiger partial charge >= 0.3 is 78.5 Å². The summed E-state index contributed by atoms with van der Waals surface area (Å²) < 4.78 is 0. The predicted molar refractivity (Wildman–Crippen MR) is 44.2 cm³/mol. The van der Waals surface area contributed by atoms with Crippen LogP contribution in [0, 0.1) is 0 Å². The van der Waals surface area contributed by atoms with Gasteiger partial charge in [-0.3, -0.25) is 0 Å². The summed E-state index contributed by atoms with van der Waals surface area (Å²) in [5, 5.41) is 1.44. The molecule has 1 aromatic rings. The van der Waals surface area contributed by atoms with Crippen molar-refractivity contribution in [1.29, 1.82) is 0 Å². The van der Waals surface area contributed by atoms with Crippen LogP contribution in [-0.2, 0) is 24.7 Å². The summed E-state index contributed by atoms with van der Waals surface area (Å²) in [6, 6.07) is 10.7. The molecule has 1 aromatic carbocycles. The van der Waals surface area contributed by atoms with Gasteiger partial charge in [0.15, 0.2) is 0 Å². The van der Waals surface area contributed by atoms with Crippen molar-refractivity contribution < 1.29 is 30.7 Å². The zero-order valence-corrected chi connectivity index (χ0v) is 11.0. The Kier molecular flexibility index (Phi) is 7.85. The van der Waals surface area contributed by atoms with Crippen LogP contribution < -0.4 is 12.4 Å². The molecule has 0 bridgehead atoms. The van der Waals surface area contributed by atoms with Crippen LogP contribution in [0.2, 0.25) is 5.02 Å². The van der Waals surface area contributed by atoms with E-state index < -0.39 is 0 Å². The molecule has 0 N–H and O–H groups in total. The molecule has 0 aliphatic rings. The Hall–Kier alpha value is 0.133. The van der Waals surface area contributed by atoms with Crippen molar-refractivity contribution in [3.8, 4) is 0 Å². The quantitative estimate of drug-likeness (QED) is 0.507. The van der Waals surface area contributed by atoms with Gasteiger partial charge in [-0.2, -0.15) is 0 Å². The third kappa shape index (κ3) is 4.90. The SMILES string of the molecule is [Cl-].[Zn+][CH2]CCCc1ccccc1. The molecule has 0 aromatic heterocycles. The second kappa shape index (κ2) is 7.77. The Morgan fingerprint density at radius 1 is 1.00 bits per heavy atom. The summed E-state index contributed by atoms with van der Waals surface area (Å²) in [7, 11) is 0. The zero-order valence-electron chi connectivity index (χ0n) is 7.30. The van der Waals surface area contributed by atoms with Crippen LogP contribution >= 0.6 is 0 Å². The molecule has 0 saturated carbocycles. The van der Waals surface area contributed by atoms with E-state index in [-0.39, 0.29) is 12.4 Å². The number of aryl methyl sites for hydroxylation is 1. The number of hydrogen-bond donors (Lipinski definition) is 0. The first kappa shape index (κ1) is 12.1. The van der Waals surface area contributed by atoms with Gasteiger partial charge in [0.05, 0.1) is 0 Å². The minimum absolute atomic E-state index is 0. The average Bonchev–Trinajstić information content (AvgIpc) is 2.07. The van der Waals surface area contributed by atoms with Gasteiger partial charge < -0.3 is 12.4 Å². The minimum atomic E-state index is 0. The fourth-order valence-electron chi connectivity index (χ4n) is 1.15. The molecule has 0 atom stereocenters. The van der Waals surface area contributed by atoms with Crippen LogP contribution in [0.3, 0.4) is 0 Å². The molecule has 0 nitrogen and oxygen atoms in total. The van der Waals surface area contributed by atoms with Crippen molar-refractivity contribution in [2.75, 3.05) is 0 Å². The number of hydrogen-bond acceptors (Lipinski definition) is 0. The molecule has 0 aliphatic heterocycles. The zero-order chi connectivity index (χ0) is 7.94. The molecule has 0 heterocycles. The molecule has 62 valence electrons. The van der Waals surface area contributed by atoms with E-state index >= 15 is 0 Å². The molecule has 0 amide bonds. The Morgan fingerprint density at radius 3 is 2.25 bits per heavy atom. The first-order valence-corrected chi connectivity index (χ1v) is 6.36. The van der Waals surface area contributed by atoms with Crippen LogP contribution in [0.4, 0.5) is 0 Å². The fraction of sp³-hybridized carbons (Fsp3) is 0.400. The van der Waals surface area contributed by atoms with Gasteiger partial charge in [-0.15, -0.1) is 0 Å². The number of benzene rings is 1. The van der Waals surface area contributed by atoms with Crippen molar-refractivity contribution in [3.63, 3.8) is 0 Å². The summed E-state index contributed by atoms with van der Waals surface area (Å²) in [5.41, 5.74) is 1.49. The standard InChI is InChI=1S/C10H13.ClH.Zn/c1-2-3-7-10-8-5-4-6-9-10;;/h4-6,8-9H,1-3,7H2;1H;/q;;+1/p-1. The van der Waals surface area contributed by atoms with Crippen molar-refractivity contribution >= 4 is 0 Å². The van der Waals surface area contributed by atoms with Gasteiger partial charge in [-0.25, -0.2) is 0 Å². The molecule has 0 spiro atoms. The second-order valence-corrected chi connectivity index (χ2v) is 4.28. The van der Waals surface area contributed by atoms with Crippen molar-refractivity contribution in [3.05, 3.63) is 35.9 Å². The van der Waals surface area contributed by atoms with Gasteiger partial charge in [0.1, 0.15) is 0 Å². The van der Waals surface area contributed by atoms with E-state index in [2.05, 4.69) is 30.3 Å². The third-order valence-electron chi connectivity index (χ3n) is 1.81. The molecule has 0 radical (unpaired) electrons. The second-order valence-electron chi connectivity index (χ2n) is 2.80. The van der Waals surface area contributed by atoms with E-state index in [4.69, 9.17) is 0 Å². The molecule has 0 saturated heterocycles. The van der Waals surface area contributed by atoms with Crippen molar-refractivity contribution in [2.24, 2.45) is 0 Å². The number of halogens is 1. The normalized spacial score (nSPS) is 9.17. The van der Waals surface area contributed by atoms with Crippen LogP contribution in [0.25, 0.3) is 0 Å². The topological polar surface area (TPSA) is 0 Å². The number of rotatable bonds is 4. The maximum absolute atomic E-state index is 2.21. The van der Waals surface area contributed by atoms with E-state index in [1.54, 1.807) is 0 Å². The summed E-state index contributed by atoms with van der Waals surface area (Å²) in [5.74, 6) is 0. The monoisotopic (exact) mass is 232 g/mol. The third-order valence-corrected chi connectivity index (χ3v) is 2.86. The Morgan fingerprint density at radius 2 is 1.67 bits per heavy atom. The molecule has 1 rings (SSSR count). The summed E-state index contributed by atoms with van der Waals surface area (Å²) in [4.78, 5) is 0. The van der Waals surface area contributed by atoms with Gasteiger partial charge in [0.2, 0.25) is 0 Å². The summed E-state index contributed by atoms with van der Waals surface area (Å²) >= 11 is 1.45. The van der Waals surface area contributed by atoms with E-state index in [1.807, 2.05) is 0 Å². The van der Waals surface area contributed by atoms with E-state index in [9.17, 15) is 0 Å². The predicted octanol–water partition coefficient (Wildman–Crippen LogP) is -0.0216. The van der Waals surface area contributed by atoms with Crippen molar-refractivity contribution in [2.45, 2.75) is 24.3 Å². The summed E-state index contributed by atoms with van der Waals surface area (Å²) in [6.45, 7) is 0. The van der Waals surface area contributed by atoms with E-state index in [0.29, 0.717) is 0 Å². The van der Waals surface area contributed by atoms with E-state index in [0.717, 1.165) is 0 Å². The Bertz CT molecular complexity index is 186. The molecular weight excluding hydrogens is 221 g/mol. The van der Waals surface area contributed by atoms with Gasteiger partial charge in [0.25, 0.3) is 0 Å². The van der Waals surface area contributed by atoms with Crippen LogP contribution in [0.1, 0.15) is 18.4 Å². The fourth-order valence-corrected chi connectivity index (χ4v) is 1.89. The maximum atomic E-state index is 2.21. The molecular formula is C10H13ClZn. The molecule has 0 unspecified atom stereocenters. The van der Waals surface area contributed by atoms with Gasteiger partial charge in [-0.1, -0.05) is 0 Å². The van der Waals surface area contributed by atoms with Crippen LogP contribution in [0.15, 0.2) is 30.3 Å². The first-order valence-electron chi connectivity index (χ1n) is 4.26. The molecule has 0 aliphatic carbocycles. The first-order chi connectivity index (χ1) is 5.43. The van der Waals surface area contributed by atoms with Crippen molar-refractivity contribution in [1.82, 2.24) is 0 Å². The average molecular weight is 234 g/mol. The molecule has 0 fully saturated rings. The van der Waals surface area contributed by atoms with Crippen LogP contribution in [-0.4, -0.2) is 0 Å². The molecule has 12 heavy (non-hydrogen) atoms. The van der Waals surface area contributed by atoms with E-state index in [1.165, 1.54) is 48.1 Å².